The monoisotopic (exact) mass is 261 g/mol. The fraction of sp³-hybridized carbons (Fsp3) is 0.545. The van der Waals surface area contributed by atoms with Crippen LogP contribution in [0.25, 0.3) is 0 Å². The van der Waals surface area contributed by atoms with Gasteiger partial charge in [0.15, 0.2) is 0 Å². The summed E-state index contributed by atoms with van der Waals surface area (Å²) >= 11 is 0. The summed E-state index contributed by atoms with van der Waals surface area (Å²) in [7, 11) is 0. The van der Waals surface area contributed by atoms with E-state index in [1.165, 1.54) is 18.3 Å². The molecule has 1 saturated heterocycles. The van der Waals surface area contributed by atoms with Gasteiger partial charge in [-0.25, -0.2) is 0 Å². The lowest BCUT2D eigenvalue weighted by molar-refractivity contribution is -0.140. The van der Waals surface area contributed by atoms with Crippen molar-refractivity contribution in [3.8, 4) is 0 Å². The third-order valence-electron chi connectivity index (χ3n) is 2.81. The van der Waals surface area contributed by atoms with Crippen LogP contribution < -0.4 is 10.6 Å². The summed E-state index contributed by atoms with van der Waals surface area (Å²) in [6, 6.07) is 2.82. The van der Waals surface area contributed by atoms with E-state index in [0.717, 1.165) is 17.5 Å². The number of halogens is 3. The van der Waals surface area contributed by atoms with Crippen molar-refractivity contribution in [3.05, 3.63) is 24.0 Å². The summed E-state index contributed by atoms with van der Waals surface area (Å²) in [6.07, 6.45) is -2.27. The summed E-state index contributed by atoms with van der Waals surface area (Å²) in [6.45, 7) is 0.325. The van der Waals surface area contributed by atoms with Crippen molar-refractivity contribution in [1.82, 2.24) is 15.2 Å². The first-order valence-electron chi connectivity index (χ1n) is 5.69. The highest BCUT2D eigenvalue weighted by Gasteiger charge is 2.29. The highest BCUT2D eigenvalue weighted by Crippen LogP contribution is 2.19. The molecule has 0 saturated carbocycles. The van der Waals surface area contributed by atoms with Crippen LogP contribution in [0.4, 0.5) is 13.2 Å². The van der Waals surface area contributed by atoms with E-state index < -0.39 is 18.6 Å². The lowest BCUT2D eigenvalue weighted by atomic mass is 10.2. The topological polar surface area (TPSA) is 46.1 Å². The first-order chi connectivity index (χ1) is 8.46. The lowest BCUT2D eigenvalue weighted by Gasteiger charge is -2.14. The highest BCUT2D eigenvalue weighted by atomic mass is 19.4. The van der Waals surface area contributed by atoms with Gasteiger partial charge in [0.1, 0.15) is 12.2 Å². The molecular weight excluding hydrogens is 247 g/mol. The minimum Gasteiger partial charge on any atom is -0.347 e. The molecule has 4 nitrogen and oxygen atoms in total. The molecule has 100 valence electrons. The van der Waals surface area contributed by atoms with Crippen LogP contribution in [0, 0.1) is 0 Å². The van der Waals surface area contributed by atoms with Gasteiger partial charge in [-0.2, -0.15) is 13.2 Å². The predicted molar refractivity (Wildman–Crippen MR) is 59.2 cm³/mol. The summed E-state index contributed by atoms with van der Waals surface area (Å²) in [5.41, 5.74) is 0.0409. The summed E-state index contributed by atoms with van der Waals surface area (Å²) in [5, 5.41) is 5.79. The minimum absolute atomic E-state index is 0.00765. The average molecular weight is 261 g/mol. The van der Waals surface area contributed by atoms with Crippen molar-refractivity contribution in [2.45, 2.75) is 25.2 Å². The third kappa shape index (κ3) is 3.25. The van der Waals surface area contributed by atoms with Crippen LogP contribution in [0.2, 0.25) is 0 Å². The molecule has 0 spiro atoms. The van der Waals surface area contributed by atoms with Gasteiger partial charge in [0.05, 0.1) is 0 Å². The Kier molecular flexibility index (Phi) is 3.60. The van der Waals surface area contributed by atoms with Crippen LogP contribution in [0.5, 0.6) is 0 Å². The minimum atomic E-state index is -4.33. The van der Waals surface area contributed by atoms with E-state index in [1.807, 2.05) is 0 Å². The summed E-state index contributed by atoms with van der Waals surface area (Å²) in [4.78, 5) is 11.8. The first kappa shape index (κ1) is 12.9. The standard InChI is InChI=1S/C11H14F3N3O/c12-11(13,14)7-17-5-1-2-9(17)10(18)16-8-3-4-15-6-8/h1-2,5,8,15H,3-4,6-7H2,(H,16,18). The van der Waals surface area contributed by atoms with E-state index in [4.69, 9.17) is 0 Å². The number of nitrogens with zero attached hydrogens (tertiary/aromatic N) is 1. The number of hydrogen-bond donors (Lipinski definition) is 2. The molecule has 1 aliphatic rings. The lowest BCUT2D eigenvalue weighted by Crippen LogP contribution is -2.37. The van der Waals surface area contributed by atoms with E-state index in [9.17, 15) is 18.0 Å². The second-order valence-corrected chi connectivity index (χ2v) is 4.30. The maximum absolute atomic E-state index is 12.3. The molecule has 18 heavy (non-hydrogen) atoms. The first-order valence-corrected chi connectivity index (χ1v) is 5.69. The Bertz CT molecular complexity index is 421. The fourth-order valence-corrected chi connectivity index (χ4v) is 1.99. The molecular formula is C11H14F3N3O. The maximum Gasteiger partial charge on any atom is 0.406 e. The Labute approximate surface area is 102 Å². The van der Waals surface area contributed by atoms with Crippen LogP contribution in [0.1, 0.15) is 16.9 Å². The van der Waals surface area contributed by atoms with Gasteiger partial charge in [-0.15, -0.1) is 0 Å². The van der Waals surface area contributed by atoms with E-state index in [0.29, 0.717) is 6.54 Å². The molecule has 1 aliphatic heterocycles. The molecule has 1 fully saturated rings. The second-order valence-electron chi connectivity index (χ2n) is 4.30. The van der Waals surface area contributed by atoms with Gasteiger partial charge in [0.2, 0.25) is 0 Å². The Hall–Kier alpha value is -1.50. The molecule has 1 amide bonds. The van der Waals surface area contributed by atoms with Gasteiger partial charge in [-0.1, -0.05) is 0 Å². The van der Waals surface area contributed by atoms with Gasteiger partial charge < -0.3 is 15.2 Å². The van der Waals surface area contributed by atoms with Crippen LogP contribution in [-0.4, -0.2) is 35.8 Å². The van der Waals surface area contributed by atoms with Gasteiger partial charge in [0, 0.05) is 18.8 Å². The second kappa shape index (κ2) is 5.01. The predicted octanol–water partition coefficient (Wildman–Crippen LogP) is 1.14. The number of rotatable bonds is 3. The van der Waals surface area contributed by atoms with Crippen LogP contribution in [-0.2, 0) is 6.54 Å². The van der Waals surface area contributed by atoms with Crippen LogP contribution in [0.15, 0.2) is 18.3 Å². The normalized spacial score (nSPS) is 20.1. The van der Waals surface area contributed by atoms with Crippen molar-refractivity contribution in [3.63, 3.8) is 0 Å². The van der Waals surface area contributed by atoms with Crippen LogP contribution >= 0.6 is 0 Å². The Morgan fingerprint density at radius 3 is 2.94 bits per heavy atom. The molecule has 2 heterocycles. The van der Waals surface area contributed by atoms with Crippen molar-refractivity contribution < 1.29 is 18.0 Å². The van der Waals surface area contributed by atoms with E-state index >= 15 is 0 Å². The van der Waals surface area contributed by atoms with Crippen molar-refractivity contribution >= 4 is 5.91 Å². The number of amides is 1. The van der Waals surface area contributed by atoms with E-state index in [1.54, 1.807) is 0 Å². The Morgan fingerprint density at radius 1 is 1.56 bits per heavy atom. The summed E-state index contributed by atoms with van der Waals surface area (Å²) < 4.78 is 37.8. The van der Waals surface area contributed by atoms with Gasteiger partial charge in [0.25, 0.3) is 5.91 Å². The molecule has 1 aromatic heterocycles. The van der Waals surface area contributed by atoms with Crippen molar-refractivity contribution in [1.29, 1.82) is 0 Å². The van der Waals surface area contributed by atoms with Gasteiger partial charge in [-0.05, 0) is 25.1 Å². The largest absolute Gasteiger partial charge is 0.406 e. The summed E-state index contributed by atoms with van der Waals surface area (Å²) in [5.74, 6) is -0.460. The number of hydrogen-bond acceptors (Lipinski definition) is 2. The highest BCUT2D eigenvalue weighted by molar-refractivity contribution is 5.93. The molecule has 1 unspecified atom stereocenters. The number of aromatic nitrogens is 1. The molecule has 0 aliphatic carbocycles. The van der Waals surface area contributed by atoms with Crippen molar-refractivity contribution in [2.75, 3.05) is 13.1 Å². The van der Waals surface area contributed by atoms with Crippen molar-refractivity contribution in [2.24, 2.45) is 0 Å². The zero-order chi connectivity index (χ0) is 13.2. The van der Waals surface area contributed by atoms with Gasteiger partial charge >= 0.3 is 6.18 Å². The molecule has 1 atom stereocenters. The number of alkyl halides is 3. The smallest absolute Gasteiger partial charge is 0.347 e. The Morgan fingerprint density at radius 2 is 2.33 bits per heavy atom. The zero-order valence-corrected chi connectivity index (χ0v) is 9.63. The molecule has 0 aromatic carbocycles. The molecule has 1 aromatic rings. The Balaban J connectivity index is 2.03. The number of carbonyl (C=O) groups excluding carboxylic acids is 1. The van der Waals surface area contributed by atoms with Crippen LogP contribution in [0.3, 0.4) is 0 Å². The number of nitrogens with one attached hydrogen (secondary N) is 2. The third-order valence-corrected chi connectivity index (χ3v) is 2.81. The van der Waals surface area contributed by atoms with Gasteiger partial charge in [-0.3, -0.25) is 4.79 Å². The molecule has 7 heteroatoms. The SMILES string of the molecule is O=C(NC1CCNC1)c1cccn1CC(F)(F)F. The average Bonchev–Trinajstić information content (AvgIpc) is 2.86. The zero-order valence-electron chi connectivity index (χ0n) is 9.63. The van der Waals surface area contributed by atoms with E-state index in [-0.39, 0.29) is 11.7 Å². The fourth-order valence-electron chi connectivity index (χ4n) is 1.99. The maximum atomic E-state index is 12.3. The van der Waals surface area contributed by atoms with E-state index in [2.05, 4.69) is 10.6 Å². The molecule has 2 rings (SSSR count). The molecule has 0 radical (unpaired) electrons. The number of carbonyl (C=O) groups is 1. The molecule has 2 N–H and O–H groups in total. The molecule has 0 bridgehead atoms. The quantitative estimate of drug-likeness (QED) is 0.857.